The van der Waals surface area contributed by atoms with Crippen LogP contribution < -0.4 is 11.1 Å². The van der Waals surface area contributed by atoms with Gasteiger partial charge in [0.2, 0.25) is 0 Å². The summed E-state index contributed by atoms with van der Waals surface area (Å²) in [4.78, 5) is 4.46. The number of aromatic nitrogens is 2. The predicted octanol–water partition coefficient (Wildman–Crippen LogP) is 2.18. The van der Waals surface area contributed by atoms with Gasteiger partial charge in [-0.25, -0.2) is 4.98 Å². The summed E-state index contributed by atoms with van der Waals surface area (Å²) >= 11 is 0. The summed E-state index contributed by atoms with van der Waals surface area (Å²) in [5.74, 6) is 1.08. The van der Waals surface area contributed by atoms with E-state index in [-0.39, 0.29) is 18.1 Å². The third-order valence-electron chi connectivity index (χ3n) is 4.23. The number of aryl methyl sites for hydroxylation is 1. The second kappa shape index (κ2) is 5.38. The van der Waals surface area contributed by atoms with Crippen LogP contribution in [0.25, 0.3) is 0 Å². The van der Waals surface area contributed by atoms with E-state index in [1.54, 1.807) is 0 Å². The molecule has 0 fully saturated rings. The maximum absolute atomic E-state index is 6.37. The number of nitrogens with one attached hydrogen (secondary N) is 1. The van der Waals surface area contributed by atoms with Gasteiger partial charge in [-0.05, 0) is 31.4 Å². The minimum atomic E-state index is 0.0682. The SMILES string of the molecule is CCn1ccnc1C(C)N[C@@H]1Cc2ccccc2[C@H]1N. The van der Waals surface area contributed by atoms with Crippen LogP contribution in [0.2, 0.25) is 0 Å². The van der Waals surface area contributed by atoms with Crippen LogP contribution in [0.5, 0.6) is 0 Å². The average Bonchev–Trinajstić information content (AvgIpc) is 3.05. The van der Waals surface area contributed by atoms with Crippen molar-refractivity contribution < 1.29 is 0 Å². The third kappa shape index (κ3) is 2.25. The fraction of sp³-hybridized carbons (Fsp3) is 0.438. The molecule has 3 atom stereocenters. The molecule has 0 saturated carbocycles. The van der Waals surface area contributed by atoms with Gasteiger partial charge in [0, 0.05) is 31.0 Å². The van der Waals surface area contributed by atoms with Crippen LogP contribution in [-0.2, 0) is 13.0 Å². The minimum absolute atomic E-state index is 0.0682. The first-order valence-electron chi connectivity index (χ1n) is 7.31. The smallest absolute Gasteiger partial charge is 0.125 e. The lowest BCUT2D eigenvalue weighted by atomic mass is 10.1. The molecule has 0 radical (unpaired) electrons. The Kier molecular flexibility index (Phi) is 3.59. The van der Waals surface area contributed by atoms with Gasteiger partial charge in [0.25, 0.3) is 0 Å². The first kappa shape index (κ1) is 13.3. The summed E-state index contributed by atoms with van der Waals surface area (Å²) in [5, 5.41) is 3.64. The van der Waals surface area contributed by atoms with E-state index in [1.807, 2.05) is 12.4 Å². The number of benzene rings is 1. The van der Waals surface area contributed by atoms with Crippen molar-refractivity contribution in [2.24, 2.45) is 5.73 Å². The van der Waals surface area contributed by atoms with Crippen LogP contribution >= 0.6 is 0 Å². The molecule has 0 saturated heterocycles. The van der Waals surface area contributed by atoms with E-state index in [0.717, 1.165) is 18.8 Å². The number of hydrogen-bond donors (Lipinski definition) is 2. The summed E-state index contributed by atoms with van der Waals surface area (Å²) < 4.78 is 2.17. The van der Waals surface area contributed by atoms with Crippen LogP contribution in [0.15, 0.2) is 36.7 Å². The van der Waals surface area contributed by atoms with E-state index in [0.29, 0.717) is 0 Å². The minimum Gasteiger partial charge on any atom is -0.334 e. The lowest BCUT2D eigenvalue weighted by Gasteiger charge is -2.23. The van der Waals surface area contributed by atoms with Crippen LogP contribution in [0.4, 0.5) is 0 Å². The largest absolute Gasteiger partial charge is 0.334 e. The molecular formula is C16H22N4. The Morgan fingerprint density at radius 2 is 2.25 bits per heavy atom. The fourth-order valence-corrected chi connectivity index (χ4v) is 3.15. The number of fused-ring (bicyclic) bond motifs is 1. The van der Waals surface area contributed by atoms with E-state index >= 15 is 0 Å². The van der Waals surface area contributed by atoms with E-state index in [9.17, 15) is 0 Å². The van der Waals surface area contributed by atoms with Gasteiger partial charge in [-0.3, -0.25) is 0 Å². The van der Waals surface area contributed by atoms with Gasteiger partial charge in [0.15, 0.2) is 0 Å². The Hall–Kier alpha value is -1.65. The molecule has 1 aliphatic rings. The van der Waals surface area contributed by atoms with Crippen molar-refractivity contribution in [1.82, 2.24) is 14.9 Å². The number of imidazole rings is 1. The standard InChI is InChI=1S/C16H22N4/c1-3-20-9-8-18-16(20)11(2)19-14-10-12-6-4-5-7-13(12)15(14)17/h4-9,11,14-15,19H,3,10,17H2,1-2H3/t11?,14-,15-/m1/s1. The zero-order chi connectivity index (χ0) is 14.1. The molecule has 0 amide bonds. The fourth-order valence-electron chi connectivity index (χ4n) is 3.15. The molecule has 3 rings (SSSR count). The highest BCUT2D eigenvalue weighted by molar-refractivity contribution is 5.36. The molecule has 20 heavy (non-hydrogen) atoms. The van der Waals surface area contributed by atoms with Crippen molar-refractivity contribution in [3.05, 3.63) is 53.6 Å². The highest BCUT2D eigenvalue weighted by Gasteiger charge is 2.30. The second-order valence-corrected chi connectivity index (χ2v) is 5.50. The molecule has 4 heteroatoms. The van der Waals surface area contributed by atoms with Gasteiger partial charge in [0.1, 0.15) is 5.82 Å². The molecule has 106 valence electrons. The second-order valence-electron chi connectivity index (χ2n) is 5.50. The third-order valence-corrected chi connectivity index (χ3v) is 4.23. The molecule has 2 aromatic rings. The van der Waals surface area contributed by atoms with Crippen LogP contribution in [-0.4, -0.2) is 15.6 Å². The van der Waals surface area contributed by atoms with Crippen molar-refractivity contribution in [2.45, 2.75) is 44.9 Å². The van der Waals surface area contributed by atoms with Crippen molar-refractivity contribution in [2.75, 3.05) is 0 Å². The first-order chi connectivity index (χ1) is 9.70. The van der Waals surface area contributed by atoms with Crippen molar-refractivity contribution in [1.29, 1.82) is 0 Å². The number of rotatable bonds is 4. The zero-order valence-corrected chi connectivity index (χ0v) is 12.1. The van der Waals surface area contributed by atoms with Gasteiger partial charge in [-0.1, -0.05) is 24.3 Å². The molecular weight excluding hydrogens is 248 g/mol. The summed E-state index contributed by atoms with van der Waals surface area (Å²) in [7, 11) is 0. The zero-order valence-electron chi connectivity index (χ0n) is 12.1. The van der Waals surface area contributed by atoms with Crippen molar-refractivity contribution in [3.63, 3.8) is 0 Å². The molecule has 1 unspecified atom stereocenters. The summed E-state index contributed by atoms with van der Waals surface area (Å²) in [5.41, 5.74) is 9.01. The molecule has 3 N–H and O–H groups in total. The lowest BCUT2D eigenvalue weighted by Crippen LogP contribution is -2.39. The molecule has 1 aliphatic carbocycles. The van der Waals surface area contributed by atoms with E-state index in [4.69, 9.17) is 5.73 Å². The topological polar surface area (TPSA) is 55.9 Å². The molecule has 1 aromatic carbocycles. The average molecular weight is 270 g/mol. The van der Waals surface area contributed by atoms with Gasteiger partial charge < -0.3 is 15.6 Å². The molecule has 1 aromatic heterocycles. The van der Waals surface area contributed by atoms with Crippen LogP contribution in [0.3, 0.4) is 0 Å². The maximum atomic E-state index is 6.37. The Balaban J connectivity index is 1.74. The highest BCUT2D eigenvalue weighted by atomic mass is 15.1. The van der Waals surface area contributed by atoms with Crippen LogP contribution in [0, 0.1) is 0 Å². The monoisotopic (exact) mass is 270 g/mol. The Morgan fingerprint density at radius 3 is 3.00 bits per heavy atom. The molecule has 0 spiro atoms. The van der Waals surface area contributed by atoms with Gasteiger partial charge >= 0.3 is 0 Å². The first-order valence-corrected chi connectivity index (χ1v) is 7.31. The Morgan fingerprint density at radius 1 is 1.45 bits per heavy atom. The highest BCUT2D eigenvalue weighted by Crippen LogP contribution is 2.30. The molecule has 4 nitrogen and oxygen atoms in total. The Bertz CT molecular complexity index is 590. The van der Waals surface area contributed by atoms with E-state index in [2.05, 4.69) is 53.0 Å². The molecule has 0 aliphatic heterocycles. The summed E-state index contributed by atoms with van der Waals surface area (Å²) in [6, 6.07) is 9.02. The summed E-state index contributed by atoms with van der Waals surface area (Å²) in [6.45, 7) is 5.23. The predicted molar refractivity (Wildman–Crippen MR) is 80.3 cm³/mol. The maximum Gasteiger partial charge on any atom is 0.125 e. The number of nitrogens with two attached hydrogens (primary N) is 1. The normalized spacial score (nSPS) is 22.8. The molecule has 1 heterocycles. The van der Waals surface area contributed by atoms with Crippen molar-refractivity contribution >= 4 is 0 Å². The van der Waals surface area contributed by atoms with Crippen molar-refractivity contribution in [3.8, 4) is 0 Å². The van der Waals surface area contributed by atoms with Crippen LogP contribution in [0.1, 0.15) is 42.9 Å². The number of nitrogens with zero attached hydrogens (tertiary/aromatic N) is 2. The van der Waals surface area contributed by atoms with Gasteiger partial charge in [-0.15, -0.1) is 0 Å². The van der Waals surface area contributed by atoms with Gasteiger partial charge in [0.05, 0.1) is 6.04 Å². The molecule has 0 bridgehead atoms. The van der Waals surface area contributed by atoms with Gasteiger partial charge in [-0.2, -0.15) is 0 Å². The van der Waals surface area contributed by atoms with E-state index in [1.165, 1.54) is 11.1 Å². The number of hydrogen-bond acceptors (Lipinski definition) is 3. The lowest BCUT2D eigenvalue weighted by molar-refractivity contribution is 0.400. The van der Waals surface area contributed by atoms with E-state index < -0.39 is 0 Å². The summed E-state index contributed by atoms with van der Waals surface area (Å²) in [6.07, 6.45) is 4.88. The quantitative estimate of drug-likeness (QED) is 0.895. The Labute approximate surface area is 120 Å².